The van der Waals surface area contributed by atoms with Gasteiger partial charge in [-0.1, -0.05) is 0 Å². The molecule has 24 heavy (non-hydrogen) atoms. The first-order valence-electron chi connectivity index (χ1n) is 7.97. The Morgan fingerprint density at radius 3 is 2.88 bits per heavy atom. The van der Waals surface area contributed by atoms with Crippen LogP contribution in [0.15, 0.2) is 12.3 Å². The summed E-state index contributed by atoms with van der Waals surface area (Å²) < 4.78 is 1.66. The van der Waals surface area contributed by atoms with Gasteiger partial charge in [-0.25, -0.2) is 4.98 Å². The number of aromatic nitrogens is 3. The van der Waals surface area contributed by atoms with Crippen molar-refractivity contribution in [2.24, 2.45) is 7.05 Å². The van der Waals surface area contributed by atoms with E-state index in [9.17, 15) is 9.59 Å². The van der Waals surface area contributed by atoms with Gasteiger partial charge in [-0.05, 0) is 26.7 Å². The van der Waals surface area contributed by atoms with E-state index in [4.69, 9.17) is 0 Å². The maximum atomic E-state index is 12.6. The van der Waals surface area contributed by atoms with Crippen LogP contribution in [0.5, 0.6) is 0 Å². The van der Waals surface area contributed by atoms with Crippen molar-refractivity contribution in [3.05, 3.63) is 27.8 Å². The van der Waals surface area contributed by atoms with E-state index >= 15 is 0 Å². The van der Waals surface area contributed by atoms with Crippen LogP contribution in [-0.2, 0) is 23.1 Å². The highest BCUT2D eigenvalue weighted by molar-refractivity contribution is 7.11. The number of nitrogens with one attached hydrogen (secondary N) is 1. The Kier molecular flexibility index (Phi) is 4.66. The second-order valence-electron chi connectivity index (χ2n) is 6.01. The number of thiazole rings is 1. The first-order valence-corrected chi connectivity index (χ1v) is 8.79. The Labute approximate surface area is 144 Å². The number of hydrogen-bond donors (Lipinski definition) is 1. The molecule has 1 atom stereocenters. The molecule has 7 nitrogen and oxygen atoms in total. The maximum Gasteiger partial charge on any atom is 0.250 e. The first-order chi connectivity index (χ1) is 11.4. The summed E-state index contributed by atoms with van der Waals surface area (Å²) >= 11 is 1.58. The Balaban J connectivity index is 1.65. The van der Waals surface area contributed by atoms with Crippen molar-refractivity contribution in [3.8, 4) is 0 Å². The quantitative estimate of drug-likeness (QED) is 0.905. The second kappa shape index (κ2) is 6.72. The predicted octanol–water partition coefficient (Wildman–Crippen LogP) is 1.35. The number of piperidine rings is 1. The van der Waals surface area contributed by atoms with Crippen molar-refractivity contribution in [2.45, 2.75) is 39.2 Å². The Morgan fingerprint density at radius 2 is 2.25 bits per heavy atom. The highest BCUT2D eigenvalue weighted by atomic mass is 32.1. The molecule has 3 rings (SSSR count). The number of amides is 2. The maximum absolute atomic E-state index is 12.6. The highest BCUT2D eigenvalue weighted by Gasteiger charge is 2.31. The molecular formula is C16H21N5O2S. The molecule has 8 heteroatoms. The summed E-state index contributed by atoms with van der Waals surface area (Å²) in [6.07, 6.45) is 3.51. The third-order valence-electron chi connectivity index (χ3n) is 4.08. The number of anilines is 1. The molecule has 2 aromatic rings. The summed E-state index contributed by atoms with van der Waals surface area (Å²) in [4.78, 5) is 32.0. The average Bonchev–Trinajstić information content (AvgIpc) is 3.07. The van der Waals surface area contributed by atoms with Crippen LogP contribution in [0, 0.1) is 13.8 Å². The number of carbonyl (C=O) groups excluding carboxylic acids is 2. The first kappa shape index (κ1) is 16.6. The van der Waals surface area contributed by atoms with Crippen molar-refractivity contribution in [3.63, 3.8) is 0 Å². The van der Waals surface area contributed by atoms with E-state index in [2.05, 4.69) is 15.4 Å². The lowest BCUT2D eigenvalue weighted by Gasteiger charge is -2.31. The molecule has 0 aliphatic carbocycles. The van der Waals surface area contributed by atoms with E-state index in [1.54, 1.807) is 27.1 Å². The van der Waals surface area contributed by atoms with Crippen LogP contribution in [0.2, 0.25) is 0 Å². The molecule has 1 fully saturated rings. The third-order valence-corrected chi connectivity index (χ3v) is 5.01. The van der Waals surface area contributed by atoms with E-state index in [1.807, 2.05) is 27.0 Å². The molecule has 1 unspecified atom stereocenters. The van der Waals surface area contributed by atoms with Gasteiger partial charge in [0.1, 0.15) is 6.04 Å². The van der Waals surface area contributed by atoms with Crippen LogP contribution in [0.25, 0.3) is 0 Å². The number of hydrogen-bond acceptors (Lipinski definition) is 5. The average molecular weight is 347 g/mol. The van der Waals surface area contributed by atoms with Crippen LogP contribution < -0.4 is 10.2 Å². The molecule has 1 aliphatic heterocycles. The lowest BCUT2D eigenvalue weighted by atomic mass is 10.0. The number of nitrogens with zero attached hydrogens (tertiary/aromatic N) is 4. The van der Waals surface area contributed by atoms with Crippen LogP contribution in [-0.4, -0.2) is 39.2 Å². The normalized spacial score (nSPS) is 18.0. The number of rotatable bonds is 4. The molecule has 1 aliphatic rings. The van der Waals surface area contributed by atoms with Crippen molar-refractivity contribution in [1.82, 2.24) is 20.1 Å². The molecule has 1 saturated heterocycles. The predicted molar refractivity (Wildman–Crippen MR) is 92.0 cm³/mol. The summed E-state index contributed by atoms with van der Waals surface area (Å²) in [7, 11) is 1.81. The smallest absolute Gasteiger partial charge is 0.250 e. The van der Waals surface area contributed by atoms with E-state index in [0.29, 0.717) is 18.8 Å². The lowest BCUT2D eigenvalue weighted by Crippen LogP contribution is -2.53. The fraction of sp³-hybridized carbons (Fsp3) is 0.500. The molecule has 0 bridgehead atoms. The van der Waals surface area contributed by atoms with Gasteiger partial charge in [0.05, 0.1) is 17.1 Å². The third kappa shape index (κ3) is 3.48. The monoisotopic (exact) mass is 347 g/mol. The summed E-state index contributed by atoms with van der Waals surface area (Å²) in [5, 5.41) is 8.09. The van der Waals surface area contributed by atoms with Gasteiger partial charge in [-0.2, -0.15) is 5.10 Å². The van der Waals surface area contributed by atoms with Crippen LogP contribution in [0.3, 0.4) is 0 Å². The molecule has 0 radical (unpaired) electrons. The Hall–Kier alpha value is -2.22. The molecule has 2 aromatic heterocycles. The van der Waals surface area contributed by atoms with E-state index in [-0.39, 0.29) is 18.2 Å². The van der Waals surface area contributed by atoms with E-state index in [1.165, 1.54) is 0 Å². The Morgan fingerprint density at radius 1 is 1.46 bits per heavy atom. The van der Waals surface area contributed by atoms with Gasteiger partial charge in [-0.15, -0.1) is 11.3 Å². The fourth-order valence-electron chi connectivity index (χ4n) is 2.92. The van der Waals surface area contributed by atoms with Gasteiger partial charge < -0.3 is 5.32 Å². The standard InChI is InChI=1S/C16H21N5O2S/c1-10-13(17-11(2)24-10)9-15(22)18-12-5-4-7-21(16(12)23)14-6-8-20(3)19-14/h6,8,12H,4-5,7,9H2,1-3H3,(H,18,22). The zero-order valence-corrected chi connectivity index (χ0v) is 14.9. The minimum atomic E-state index is -0.492. The summed E-state index contributed by atoms with van der Waals surface area (Å²) in [6.45, 7) is 4.52. The van der Waals surface area contributed by atoms with Crippen LogP contribution in [0.1, 0.15) is 28.4 Å². The van der Waals surface area contributed by atoms with Crippen molar-refractivity contribution in [1.29, 1.82) is 0 Å². The topological polar surface area (TPSA) is 80.1 Å². The fourth-order valence-corrected chi connectivity index (χ4v) is 3.75. The number of aryl methyl sites for hydroxylation is 3. The minimum Gasteiger partial charge on any atom is -0.344 e. The van der Waals surface area contributed by atoms with Gasteiger partial charge in [0.2, 0.25) is 5.91 Å². The second-order valence-corrected chi connectivity index (χ2v) is 7.42. The molecule has 0 aromatic carbocycles. The largest absolute Gasteiger partial charge is 0.344 e. The lowest BCUT2D eigenvalue weighted by molar-refractivity contribution is -0.128. The van der Waals surface area contributed by atoms with Crippen LogP contribution in [0.4, 0.5) is 5.82 Å². The Bertz CT molecular complexity index is 766. The molecular weight excluding hydrogens is 326 g/mol. The molecule has 3 heterocycles. The summed E-state index contributed by atoms with van der Waals surface area (Å²) in [6, 6.07) is 1.32. The SMILES string of the molecule is Cc1nc(CC(=O)NC2CCCN(c3ccn(C)n3)C2=O)c(C)s1. The minimum absolute atomic E-state index is 0.0977. The molecule has 0 saturated carbocycles. The molecule has 128 valence electrons. The van der Waals surface area contributed by atoms with Gasteiger partial charge in [0, 0.05) is 30.7 Å². The van der Waals surface area contributed by atoms with Crippen LogP contribution >= 0.6 is 11.3 Å². The zero-order chi connectivity index (χ0) is 17.3. The van der Waals surface area contributed by atoms with Crippen molar-refractivity contribution in [2.75, 3.05) is 11.4 Å². The van der Waals surface area contributed by atoms with Gasteiger partial charge in [0.25, 0.3) is 5.91 Å². The highest BCUT2D eigenvalue weighted by Crippen LogP contribution is 2.20. The zero-order valence-electron chi connectivity index (χ0n) is 14.1. The van der Waals surface area contributed by atoms with Gasteiger partial charge in [-0.3, -0.25) is 19.2 Å². The van der Waals surface area contributed by atoms with Gasteiger partial charge in [0.15, 0.2) is 5.82 Å². The number of carbonyl (C=O) groups is 2. The summed E-state index contributed by atoms with van der Waals surface area (Å²) in [5.41, 5.74) is 0.792. The molecule has 0 spiro atoms. The summed E-state index contributed by atoms with van der Waals surface area (Å²) in [5.74, 6) is 0.372. The molecule has 1 N–H and O–H groups in total. The van der Waals surface area contributed by atoms with Crippen molar-refractivity contribution >= 4 is 29.0 Å². The molecule has 2 amide bonds. The van der Waals surface area contributed by atoms with E-state index < -0.39 is 6.04 Å². The van der Waals surface area contributed by atoms with Crippen molar-refractivity contribution < 1.29 is 9.59 Å². The van der Waals surface area contributed by atoms with E-state index in [0.717, 1.165) is 22.0 Å². The van der Waals surface area contributed by atoms with Gasteiger partial charge >= 0.3 is 0 Å².